The Morgan fingerprint density at radius 2 is 2.17 bits per heavy atom. The Bertz CT molecular complexity index is 683. The summed E-state index contributed by atoms with van der Waals surface area (Å²) in [6.45, 7) is 4.57. The number of aryl methyl sites for hydroxylation is 2. The summed E-state index contributed by atoms with van der Waals surface area (Å²) in [5.41, 5.74) is -0.0408. The lowest BCUT2D eigenvalue weighted by molar-refractivity contribution is 0.0574. The van der Waals surface area contributed by atoms with Gasteiger partial charge < -0.3 is 19.8 Å². The summed E-state index contributed by atoms with van der Waals surface area (Å²) in [5, 5.41) is 17.2. The van der Waals surface area contributed by atoms with Crippen LogP contribution in [-0.4, -0.2) is 51.4 Å². The Labute approximate surface area is 133 Å². The average Bonchev–Trinajstić information content (AvgIpc) is 3.10. The van der Waals surface area contributed by atoms with E-state index in [2.05, 4.69) is 20.4 Å². The third kappa shape index (κ3) is 3.16. The topological polar surface area (TPSA) is 104 Å². The molecule has 3 heterocycles. The maximum atomic E-state index is 12.2. The minimum atomic E-state index is -1.01. The summed E-state index contributed by atoms with van der Waals surface area (Å²) in [5.74, 6) is 0.766. The molecular weight excluding hydrogens is 298 g/mol. The number of aliphatic hydroxyl groups is 1. The van der Waals surface area contributed by atoms with Gasteiger partial charge in [-0.3, -0.25) is 4.79 Å². The second kappa shape index (κ2) is 5.96. The van der Waals surface area contributed by atoms with Crippen LogP contribution in [0.1, 0.15) is 28.2 Å². The van der Waals surface area contributed by atoms with Gasteiger partial charge >= 0.3 is 0 Å². The maximum absolute atomic E-state index is 12.2. The van der Waals surface area contributed by atoms with Crippen LogP contribution in [0, 0.1) is 13.8 Å². The van der Waals surface area contributed by atoms with Crippen LogP contribution in [0.15, 0.2) is 23.0 Å². The molecule has 8 nitrogen and oxygen atoms in total. The van der Waals surface area contributed by atoms with E-state index in [9.17, 15) is 9.90 Å². The first-order valence-electron chi connectivity index (χ1n) is 7.44. The minimum absolute atomic E-state index is 0.152. The number of nitrogens with zero attached hydrogens (tertiary/aromatic N) is 4. The van der Waals surface area contributed by atoms with Crippen LogP contribution in [-0.2, 0) is 0 Å². The maximum Gasteiger partial charge on any atom is 0.256 e. The fourth-order valence-corrected chi connectivity index (χ4v) is 2.77. The van der Waals surface area contributed by atoms with Crippen LogP contribution < -0.4 is 10.2 Å². The van der Waals surface area contributed by atoms with Gasteiger partial charge in [-0.05, 0) is 26.3 Å². The largest absolute Gasteiger partial charge is 0.386 e. The molecule has 1 fully saturated rings. The first-order valence-corrected chi connectivity index (χ1v) is 7.44. The SMILES string of the molecule is Cc1noc(C)c1C(=O)NCC1(O)CCN(c2ncccn2)C1. The predicted molar refractivity (Wildman–Crippen MR) is 82.1 cm³/mol. The van der Waals surface area contributed by atoms with Gasteiger partial charge in [-0.1, -0.05) is 5.16 Å². The fourth-order valence-electron chi connectivity index (χ4n) is 2.77. The zero-order valence-corrected chi connectivity index (χ0v) is 13.1. The van der Waals surface area contributed by atoms with Crippen molar-refractivity contribution in [2.24, 2.45) is 0 Å². The van der Waals surface area contributed by atoms with Crippen LogP contribution in [0.2, 0.25) is 0 Å². The van der Waals surface area contributed by atoms with Crippen molar-refractivity contribution in [3.63, 3.8) is 0 Å². The van der Waals surface area contributed by atoms with Gasteiger partial charge in [0.25, 0.3) is 5.91 Å². The third-order valence-electron chi connectivity index (χ3n) is 4.01. The highest BCUT2D eigenvalue weighted by atomic mass is 16.5. The standard InChI is InChI=1S/C15H19N5O3/c1-10-12(11(2)23-19-10)13(21)18-8-15(22)4-7-20(9-15)14-16-5-3-6-17-14/h3,5-6,22H,4,7-9H2,1-2H3,(H,18,21). The molecular formula is C15H19N5O3. The molecule has 1 aliphatic heterocycles. The summed E-state index contributed by atoms with van der Waals surface area (Å²) >= 11 is 0. The van der Waals surface area contributed by atoms with Gasteiger partial charge in [-0.25, -0.2) is 9.97 Å². The predicted octanol–water partition coefficient (Wildman–Crippen LogP) is 0.453. The van der Waals surface area contributed by atoms with Crippen molar-refractivity contribution >= 4 is 11.9 Å². The second-order valence-electron chi connectivity index (χ2n) is 5.83. The molecule has 1 saturated heterocycles. The van der Waals surface area contributed by atoms with E-state index in [0.717, 1.165) is 0 Å². The van der Waals surface area contributed by atoms with E-state index in [1.54, 1.807) is 32.3 Å². The Hall–Kier alpha value is -2.48. The Balaban J connectivity index is 1.61. The molecule has 0 bridgehead atoms. The number of carbonyl (C=O) groups excluding carboxylic acids is 1. The highest BCUT2D eigenvalue weighted by Gasteiger charge is 2.37. The highest BCUT2D eigenvalue weighted by molar-refractivity contribution is 5.96. The average molecular weight is 317 g/mol. The van der Waals surface area contributed by atoms with Gasteiger partial charge in [0.05, 0.1) is 12.2 Å². The molecule has 122 valence electrons. The molecule has 8 heteroatoms. The summed E-state index contributed by atoms with van der Waals surface area (Å²) in [6, 6.07) is 1.75. The summed E-state index contributed by atoms with van der Waals surface area (Å²) in [7, 11) is 0. The number of carbonyl (C=O) groups is 1. The van der Waals surface area contributed by atoms with Gasteiger partial charge in [0, 0.05) is 25.5 Å². The van der Waals surface area contributed by atoms with E-state index in [0.29, 0.717) is 42.5 Å². The number of amides is 1. The molecule has 0 spiro atoms. The number of aromatic nitrogens is 3. The Morgan fingerprint density at radius 1 is 1.43 bits per heavy atom. The fraction of sp³-hybridized carbons (Fsp3) is 0.467. The number of hydrogen-bond donors (Lipinski definition) is 2. The molecule has 23 heavy (non-hydrogen) atoms. The lowest BCUT2D eigenvalue weighted by Crippen LogP contribution is -2.45. The van der Waals surface area contributed by atoms with Crippen molar-refractivity contribution in [1.82, 2.24) is 20.4 Å². The molecule has 2 N–H and O–H groups in total. The molecule has 1 unspecified atom stereocenters. The molecule has 1 atom stereocenters. The molecule has 1 aliphatic rings. The van der Waals surface area contributed by atoms with Crippen LogP contribution in [0.25, 0.3) is 0 Å². The minimum Gasteiger partial charge on any atom is -0.386 e. The van der Waals surface area contributed by atoms with E-state index >= 15 is 0 Å². The molecule has 1 amide bonds. The molecule has 0 aliphatic carbocycles. The molecule has 0 radical (unpaired) electrons. The van der Waals surface area contributed by atoms with Crippen LogP contribution in [0.3, 0.4) is 0 Å². The summed E-state index contributed by atoms with van der Waals surface area (Å²) in [4.78, 5) is 22.5. The highest BCUT2D eigenvalue weighted by Crippen LogP contribution is 2.24. The van der Waals surface area contributed by atoms with Crippen molar-refractivity contribution in [3.05, 3.63) is 35.5 Å². The van der Waals surface area contributed by atoms with Gasteiger partial charge in [-0.15, -0.1) is 0 Å². The normalized spacial score (nSPS) is 20.7. The quantitative estimate of drug-likeness (QED) is 0.843. The van der Waals surface area contributed by atoms with Gasteiger partial charge in [-0.2, -0.15) is 0 Å². The van der Waals surface area contributed by atoms with E-state index in [-0.39, 0.29) is 12.5 Å². The smallest absolute Gasteiger partial charge is 0.256 e. The number of nitrogens with one attached hydrogen (secondary N) is 1. The summed E-state index contributed by atoms with van der Waals surface area (Å²) < 4.78 is 4.99. The van der Waals surface area contributed by atoms with Crippen molar-refractivity contribution < 1.29 is 14.4 Å². The van der Waals surface area contributed by atoms with Crippen LogP contribution in [0.4, 0.5) is 5.95 Å². The summed E-state index contributed by atoms with van der Waals surface area (Å²) in [6.07, 6.45) is 3.87. The lowest BCUT2D eigenvalue weighted by atomic mass is 10.0. The van der Waals surface area contributed by atoms with Crippen LogP contribution >= 0.6 is 0 Å². The molecule has 0 aromatic carbocycles. The first kappa shape index (κ1) is 15.4. The van der Waals surface area contributed by atoms with E-state index in [1.807, 2.05) is 4.90 Å². The molecule has 0 saturated carbocycles. The zero-order valence-electron chi connectivity index (χ0n) is 13.1. The number of anilines is 1. The third-order valence-corrected chi connectivity index (χ3v) is 4.01. The number of β-amino-alcohol motifs (C(OH)–C–C–N with tert-alkyl or cyclic N) is 1. The first-order chi connectivity index (χ1) is 11.0. The number of rotatable bonds is 4. The lowest BCUT2D eigenvalue weighted by Gasteiger charge is -2.23. The molecule has 2 aromatic rings. The Kier molecular flexibility index (Phi) is 3.99. The molecule has 3 rings (SSSR count). The van der Waals surface area contributed by atoms with Gasteiger partial charge in [0.15, 0.2) is 0 Å². The van der Waals surface area contributed by atoms with Crippen LogP contribution in [0.5, 0.6) is 0 Å². The monoisotopic (exact) mass is 317 g/mol. The van der Waals surface area contributed by atoms with Crippen molar-refractivity contribution in [2.45, 2.75) is 25.9 Å². The molecule has 2 aromatic heterocycles. The van der Waals surface area contributed by atoms with E-state index in [1.165, 1.54) is 0 Å². The Morgan fingerprint density at radius 3 is 2.83 bits per heavy atom. The van der Waals surface area contributed by atoms with E-state index in [4.69, 9.17) is 4.52 Å². The van der Waals surface area contributed by atoms with E-state index < -0.39 is 5.60 Å². The van der Waals surface area contributed by atoms with Crippen molar-refractivity contribution in [2.75, 3.05) is 24.5 Å². The second-order valence-corrected chi connectivity index (χ2v) is 5.83. The number of hydrogen-bond acceptors (Lipinski definition) is 7. The van der Waals surface area contributed by atoms with Crippen molar-refractivity contribution in [3.8, 4) is 0 Å². The van der Waals surface area contributed by atoms with Gasteiger partial charge in [0.1, 0.15) is 16.9 Å². The van der Waals surface area contributed by atoms with Gasteiger partial charge in [0.2, 0.25) is 5.95 Å². The zero-order chi connectivity index (χ0) is 16.4. The van der Waals surface area contributed by atoms with Crippen molar-refractivity contribution in [1.29, 1.82) is 0 Å².